The van der Waals surface area contributed by atoms with E-state index in [4.69, 9.17) is 0 Å². The number of hydrogen-bond acceptors (Lipinski definition) is 3. The van der Waals surface area contributed by atoms with E-state index in [1.54, 1.807) is 11.0 Å². The zero-order valence-electron chi connectivity index (χ0n) is 12.9. The second-order valence-corrected chi connectivity index (χ2v) is 7.29. The molecule has 2 saturated heterocycles. The fourth-order valence-corrected chi connectivity index (χ4v) is 5.41. The molecule has 5 heteroatoms. The van der Waals surface area contributed by atoms with Crippen LogP contribution in [0.3, 0.4) is 0 Å². The molecular weight excluding hydrogens is 292 g/mol. The van der Waals surface area contributed by atoms with Gasteiger partial charge in [-0.15, -0.1) is 0 Å². The van der Waals surface area contributed by atoms with Crippen LogP contribution in [0, 0.1) is 5.92 Å². The lowest BCUT2D eigenvalue weighted by molar-refractivity contribution is -0.147. The first kappa shape index (κ1) is 13.5. The zero-order valence-corrected chi connectivity index (χ0v) is 12.9. The fraction of sp³-hybridized carbons (Fsp3) is 0.556. The summed E-state index contributed by atoms with van der Waals surface area (Å²) in [5.41, 5.74) is -0.0968. The van der Waals surface area contributed by atoms with E-state index in [2.05, 4.69) is 0 Å². The van der Waals surface area contributed by atoms with Gasteiger partial charge >= 0.3 is 0 Å². The lowest BCUT2D eigenvalue weighted by atomic mass is 9.90. The minimum Gasteiger partial charge on any atom is -0.365 e. The van der Waals surface area contributed by atoms with Crippen LogP contribution < -0.4 is 0 Å². The average Bonchev–Trinajstić information content (AvgIpc) is 3.17. The SMILES string of the molecule is O=C1CCN2C(=O)c3ccccc3[C@]2(O)[C@@H]2C[C@H]3CCC[C@H]3N12. The topological polar surface area (TPSA) is 60.9 Å². The maximum atomic E-state index is 12.8. The van der Waals surface area contributed by atoms with Crippen molar-refractivity contribution in [2.45, 2.75) is 49.9 Å². The lowest BCUT2D eigenvalue weighted by Gasteiger charge is -2.40. The van der Waals surface area contributed by atoms with Gasteiger partial charge in [0.05, 0.1) is 6.04 Å². The van der Waals surface area contributed by atoms with Crippen molar-refractivity contribution in [2.24, 2.45) is 5.92 Å². The van der Waals surface area contributed by atoms with Crippen molar-refractivity contribution < 1.29 is 14.7 Å². The molecule has 5 nitrogen and oxygen atoms in total. The number of aliphatic hydroxyl groups is 1. The van der Waals surface area contributed by atoms with E-state index in [9.17, 15) is 14.7 Å². The summed E-state index contributed by atoms with van der Waals surface area (Å²) in [4.78, 5) is 29.0. The van der Waals surface area contributed by atoms with Crippen molar-refractivity contribution in [1.29, 1.82) is 0 Å². The van der Waals surface area contributed by atoms with Crippen LogP contribution in [0.4, 0.5) is 0 Å². The van der Waals surface area contributed by atoms with Crippen LogP contribution in [0.2, 0.25) is 0 Å². The van der Waals surface area contributed by atoms with Crippen LogP contribution in [0.1, 0.15) is 48.0 Å². The van der Waals surface area contributed by atoms with Crippen molar-refractivity contribution in [3.63, 3.8) is 0 Å². The molecule has 0 unspecified atom stereocenters. The van der Waals surface area contributed by atoms with Crippen molar-refractivity contribution in [1.82, 2.24) is 9.80 Å². The van der Waals surface area contributed by atoms with Gasteiger partial charge in [-0.2, -0.15) is 0 Å². The van der Waals surface area contributed by atoms with Gasteiger partial charge in [0.25, 0.3) is 5.91 Å². The van der Waals surface area contributed by atoms with E-state index in [1.807, 2.05) is 23.1 Å². The Balaban J connectivity index is 1.69. The highest BCUT2D eigenvalue weighted by Crippen LogP contribution is 2.52. The van der Waals surface area contributed by atoms with Gasteiger partial charge in [-0.3, -0.25) is 9.59 Å². The quantitative estimate of drug-likeness (QED) is 0.789. The summed E-state index contributed by atoms with van der Waals surface area (Å²) in [6.07, 6.45) is 4.41. The van der Waals surface area contributed by atoms with Crippen LogP contribution >= 0.6 is 0 Å². The molecule has 3 heterocycles. The molecule has 3 fully saturated rings. The van der Waals surface area contributed by atoms with Crippen LogP contribution in [0.5, 0.6) is 0 Å². The monoisotopic (exact) mass is 312 g/mol. The van der Waals surface area contributed by atoms with Crippen molar-refractivity contribution in [2.75, 3.05) is 6.54 Å². The number of hydrogen-bond donors (Lipinski definition) is 1. The van der Waals surface area contributed by atoms with Crippen LogP contribution in [0.25, 0.3) is 0 Å². The first-order chi connectivity index (χ1) is 11.1. The highest BCUT2D eigenvalue weighted by molar-refractivity contribution is 6.00. The van der Waals surface area contributed by atoms with E-state index in [-0.39, 0.29) is 23.9 Å². The van der Waals surface area contributed by atoms with Crippen molar-refractivity contribution in [3.05, 3.63) is 35.4 Å². The molecule has 4 aliphatic rings. The number of rotatable bonds is 0. The molecule has 1 aromatic rings. The zero-order chi connectivity index (χ0) is 15.8. The van der Waals surface area contributed by atoms with Crippen LogP contribution in [-0.2, 0) is 10.5 Å². The van der Waals surface area contributed by atoms with Crippen molar-refractivity contribution in [3.8, 4) is 0 Å². The largest absolute Gasteiger partial charge is 0.365 e. The molecule has 2 amide bonds. The Morgan fingerprint density at radius 2 is 2.00 bits per heavy atom. The molecule has 120 valence electrons. The highest BCUT2D eigenvalue weighted by atomic mass is 16.3. The van der Waals surface area contributed by atoms with Gasteiger partial charge in [0, 0.05) is 30.1 Å². The smallest absolute Gasteiger partial charge is 0.256 e. The molecule has 0 aromatic heterocycles. The van der Waals surface area contributed by atoms with Gasteiger partial charge in [0.1, 0.15) is 0 Å². The Hall–Kier alpha value is -1.88. The molecular formula is C18H20N2O3. The van der Waals surface area contributed by atoms with E-state index in [0.29, 0.717) is 30.0 Å². The Morgan fingerprint density at radius 3 is 2.87 bits per heavy atom. The number of fused-ring (bicyclic) bond motifs is 7. The predicted molar refractivity (Wildman–Crippen MR) is 82.4 cm³/mol. The molecule has 0 spiro atoms. The van der Waals surface area contributed by atoms with Gasteiger partial charge in [-0.1, -0.05) is 24.6 Å². The first-order valence-electron chi connectivity index (χ1n) is 8.57. The Morgan fingerprint density at radius 1 is 1.17 bits per heavy atom. The highest BCUT2D eigenvalue weighted by Gasteiger charge is 2.62. The third kappa shape index (κ3) is 1.51. The second kappa shape index (κ2) is 4.35. The normalized spacial score (nSPS) is 38.2. The number of nitrogens with zero attached hydrogens (tertiary/aromatic N) is 2. The summed E-state index contributed by atoms with van der Waals surface area (Å²) in [6.45, 7) is 0.299. The number of carbonyl (C=O) groups excluding carboxylic acids is 2. The molecule has 0 bridgehead atoms. The van der Waals surface area contributed by atoms with E-state index >= 15 is 0 Å². The minimum absolute atomic E-state index is 0.0949. The summed E-state index contributed by atoms with van der Waals surface area (Å²) in [7, 11) is 0. The van der Waals surface area contributed by atoms with Crippen molar-refractivity contribution >= 4 is 11.8 Å². The summed E-state index contributed by atoms with van der Waals surface area (Å²) in [5, 5.41) is 11.7. The van der Waals surface area contributed by atoms with Gasteiger partial charge in [0.15, 0.2) is 5.72 Å². The van der Waals surface area contributed by atoms with Crippen LogP contribution in [-0.4, -0.2) is 45.3 Å². The summed E-state index contributed by atoms with van der Waals surface area (Å²) in [6, 6.07) is 7.26. The maximum absolute atomic E-state index is 12.8. The molecule has 1 N–H and O–H groups in total. The standard InChI is InChI=1S/C18H20N2O3/c21-16-8-9-19-17(22)12-5-1-2-6-13(12)18(19,23)15-10-11-4-3-7-14(11)20(15)16/h1-2,5-6,11,14-15,23H,3-4,7-10H2/t11-,14-,15+,18+/m1/s1. The van der Waals surface area contributed by atoms with Gasteiger partial charge < -0.3 is 14.9 Å². The van der Waals surface area contributed by atoms with E-state index in [0.717, 1.165) is 25.7 Å². The van der Waals surface area contributed by atoms with Crippen LogP contribution in [0.15, 0.2) is 24.3 Å². The van der Waals surface area contributed by atoms with Gasteiger partial charge in [-0.05, 0) is 31.2 Å². The van der Waals surface area contributed by atoms with Gasteiger partial charge in [0.2, 0.25) is 5.91 Å². The van der Waals surface area contributed by atoms with E-state index < -0.39 is 5.72 Å². The molecule has 4 atom stereocenters. The Labute approximate surface area is 134 Å². The Kier molecular flexibility index (Phi) is 2.56. The average molecular weight is 312 g/mol. The second-order valence-electron chi connectivity index (χ2n) is 7.29. The fourth-order valence-electron chi connectivity index (χ4n) is 5.41. The third-order valence-corrected chi connectivity index (χ3v) is 6.35. The molecule has 1 aliphatic carbocycles. The predicted octanol–water partition coefficient (Wildman–Crippen LogP) is 1.46. The maximum Gasteiger partial charge on any atom is 0.256 e. The van der Waals surface area contributed by atoms with E-state index in [1.165, 1.54) is 0 Å². The summed E-state index contributed by atoms with van der Waals surface area (Å²) < 4.78 is 0. The first-order valence-corrected chi connectivity index (χ1v) is 8.57. The summed E-state index contributed by atoms with van der Waals surface area (Å²) >= 11 is 0. The Bertz CT molecular complexity index is 718. The molecule has 3 aliphatic heterocycles. The number of benzene rings is 1. The summed E-state index contributed by atoms with van der Waals surface area (Å²) in [5.74, 6) is 0.420. The molecule has 5 rings (SSSR count). The molecule has 1 saturated carbocycles. The third-order valence-electron chi connectivity index (χ3n) is 6.35. The minimum atomic E-state index is -1.36. The lowest BCUT2D eigenvalue weighted by Crippen LogP contribution is -2.56. The number of amides is 2. The molecule has 23 heavy (non-hydrogen) atoms. The van der Waals surface area contributed by atoms with Gasteiger partial charge in [-0.25, -0.2) is 0 Å². The molecule has 1 aromatic carbocycles. The molecule has 0 radical (unpaired) electrons. The number of carbonyl (C=O) groups is 2.